The topological polar surface area (TPSA) is 62.3 Å². The zero-order chi connectivity index (χ0) is 15.5. The van der Waals surface area contributed by atoms with Crippen LogP contribution in [0.2, 0.25) is 0 Å². The van der Waals surface area contributed by atoms with Crippen LogP contribution in [0, 0.1) is 5.92 Å². The van der Waals surface area contributed by atoms with Gasteiger partial charge in [-0.1, -0.05) is 13.3 Å². The van der Waals surface area contributed by atoms with Gasteiger partial charge in [-0.15, -0.1) is 0 Å². The number of hydrogen-bond donors (Lipinski definition) is 1. The van der Waals surface area contributed by atoms with Crippen LogP contribution in [0.25, 0.3) is 0 Å². The minimum Gasteiger partial charge on any atom is -0.369 e. The van der Waals surface area contributed by atoms with Crippen LogP contribution < -0.4 is 5.32 Å². The van der Waals surface area contributed by atoms with E-state index in [-0.39, 0.29) is 4.90 Å². The lowest BCUT2D eigenvalue weighted by molar-refractivity contribution is 0.263. The van der Waals surface area contributed by atoms with E-state index in [1.165, 1.54) is 10.7 Å². The Kier molecular flexibility index (Phi) is 5.62. The van der Waals surface area contributed by atoms with Crippen molar-refractivity contribution in [3.63, 3.8) is 0 Å². The Morgan fingerprint density at radius 1 is 1.48 bits per heavy atom. The van der Waals surface area contributed by atoms with E-state index in [4.69, 9.17) is 0 Å². The van der Waals surface area contributed by atoms with Gasteiger partial charge in [0.05, 0.1) is 0 Å². The zero-order valence-electron chi connectivity index (χ0n) is 12.5. The average molecular weight is 376 g/mol. The standard InChI is InChI=1S/C14H22BrN3O2S/c1-3-7-16-14-13(8-12(15)9-17-14)21(19,20)18(2)10-11-5-4-6-11/h8-9,11H,3-7,10H2,1-2H3,(H,16,17). The highest BCUT2D eigenvalue weighted by molar-refractivity contribution is 9.10. The molecule has 0 spiro atoms. The molecule has 0 bridgehead atoms. The molecule has 1 aromatic rings. The van der Waals surface area contributed by atoms with E-state index in [1.54, 1.807) is 19.3 Å². The van der Waals surface area contributed by atoms with Gasteiger partial charge in [0.2, 0.25) is 10.0 Å². The molecule has 0 amide bonds. The van der Waals surface area contributed by atoms with Gasteiger partial charge in [-0.2, -0.15) is 0 Å². The third-order valence-electron chi connectivity index (χ3n) is 3.79. The van der Waals surface area contributed by atoms with Gasteiger partial charge in [0.1, 0.15) is 10.7 Å². The van der Waals surface area contributed by atoms with Crippen LogP contribution in [0.1, 0.15) is 32.6 Å². The summed E-state index contributed by atoms with van der Waals surface area (Å²) in [5.41, 5.74) is 0. The summed E-state index contributed by atoms with van der Waals surface area (Å²) >= 11 is 3.31. The van der Waals surface area contributed by atoms with Crippen molar-refractivity contribution in [1.29, 1.82) is 0 Å². The van der Waals surface area contributed by atoms with E-state index in [0.717, 1.165) is 19.3 Å². The van der Waals surface area contributed by atoms with Crippen LogP contribution >= 0.6 is 15.9 Å². The van der Waals surface area contributed by atoms with E-state index >= 15 is 0 Å². The first kappa shape index (κ1) is 16.7. The van der Waals surface area contributed by atoms with Gasteiger partial charge in [0.25, 0.3) is 0 Å². The normalized spacial score (nSPS) is 16.0. The van der Waals surface area contributed by atoms with E-state index < -0.39 is 10.0 Å². The van der Waals surface area contributed by atoms with Crippen LogP contribution in [0.15, 0.2) is 21.6 Å². The van der Waals surface area contributed by atoms with Crippen LogP contribution in [-0.4, -0.2) is 37.8 Å². The molecule has 0 unspecified atom stereocenters. The van der Waals surface area contributed by atoms with Gasteiger partial charge < -0.3 is 5.32 Å². The Labute approximate surface area is 135 Å². The van der Waals surface area contributed by atoms with Crippen molar-refractivity contribution in [3.8, 4) is 0 Å². The highest BCUT2D eigenvalue weighted by Crippen LogP contribution is 2.30. The van der Waals surface area contributed by atoms with Crippen molar-refractivity contribution < 1.29 is 8.42 Å². The summed E-state index contributed by atoms with van der Waals surface area (Å²) in [6.45, 7) is 3.31. The highest BCUT2D eigenvalue weighted by Gasteiger charge is 2.29. The molecule has 21 heavy (non-hydrogen) atoms. The van der Waals surface area contributed by atoms with Gasteiger partial charge in [-0.05, 0) is 47.2 Å². The Morgan fingerprint density at radius 2 is 2.19 bits per heavy atom. The third kappa shape index (κ3) is 3.96. The van der Waals surface area contributed by atoms with Crippen LogP contribution in [0.4, 0.5) is 5.82 Å². The molecule has 0 saturated heterocycles. The molecular weight excluding hydrogens is 354 g/mol. The molecule has 7 heteroatoms. The number of anilines is 1. The molecule has 1 heterocycles. The van der Waals surface area contributed by atoms with E-state index in [9.17, 15) is 8.42 Å². The molecule has 0 atom stereocenters. The maximum Gasteiger partial charge on any atom is 0.246 e. The first-order chi connectivity index (χ1) is 9.95. The minimum atomic E-state index is -3.52. The van der Waals surface area contributed by atoms with Gasteiger partial charge in [-0.25, -0.2) is 17.7 Å². The van der Waals surface area contributed by atoms with Gasteiger partial charge in [0.15, 0.2) is 0 Å². The Bertz CT molecular complexity index is 588. The first-order valence-corrected chi connectivity index (χ1v) is 9.54. The molecule has 0 radical (unpaired) electrons. The molecule has 2 rings (SSSR count). The van der Waals surface area contributed by atoms with Gasteiger partial charge in [-0.3, -0.25) is 0 Å². The maximum absolute atomic E-state index is 12.8. The number of hydrogen-bond acceptors (Lipinski definition) is 4. The van der Waals surface area contributed by atoms with Crippen LogP contribution in [0.5, 0.6) is 0 Å². The number of rotatable bonds is 7. The van der Waals surface area contributed by atoms with Gasteiger partial charge in [0, 0.05) is 30.8 Å². The highest BCUT2D eigenvalue weighted by atomic mass is 79.9. The first-order valence-electron chi connectivity index (χ1n) is 7.31. The molecular formula is C14H22BrN3O2S. The number of nitrogens with one attached hydrogen (secondary N) is 1. The summed E-state index contributed by atoms with van der Waals surface area (Å²) in [5.74, 6) is 0.928. The number of nitrogens with zero attached hydrogens (tertiary/aromatic N) is 2. The summed E-state index contributed by atoms with van der Waals surface area (Å²) in [5, 5.41) is 3.09. The fraction of sp³-hybridized carbons (Fsp3) is 0.643. The molecule has 118 valence electrons. The van der Waals surface area contributed by atoms with Crippen molar-refractivity contribution in [3.05, 3.63) is 16.7 Å². The lowest BCUT2D eigenvalue weighted by Gasteiger charge is -2.30. The van der Waals surface area contributed by atoms with Crippen molar-refractivity contribution in [1.82, 2.24) is 9.29 Å². The monoisotopic (exact) mass is 375 g/mol. The molecule has 1 saturated carbocycles. The molecule has 5 nitrogen and oxygen atoms in total. The van der Waals surface area contributed by atoms with Gasteiger partial charge >= 0.3 is 0 Å². The Morgan fingerprint density at radius 3 is 2.76 bits per heavy atom. The van der Waals surface area contributed by atoms with Crippen molar-refractivity contribution in [2.24, 2.45) is 5.92 Å². The second kappa shape index (κ2) is 7.07. The number of aromatic nitrogens is 1. The summed E-state index contributed by atoms with van der Waals surface area (Å²) in [6, 6.07) is 1.62. The summed E-state index contributed by atoms with van der Waals surface area (Å²) in [7, 11) is -1.86. The average Bonchev–Trinajstić information content (AvgIpc) is 2.41. The molecule has 1 aromatic heterocycles. The molecule has 1 aliphatic rings. The van der Waals surface area contributed by atoms with Crippen LogP contribution in [-0.2, 0) is 10.0 Å². The zero-order valence-corrected chi connectivity index (χ0v) is 14.9. The lowest BCUT2D eigenvalue weighted by atomic mass is 9.86. The maximum atomic E-state index is 12.8. The summed E-state index contributed by atoms with van der Waals surface area (Å²) in [6.07, 6.45) is 5.98. The second-order valence-corrected chi connectivity index (χ2v) is 8.44. The minimum absolute atomic E-state index is 0.243. The molecule has 0 aliphatic heterocycles. The molecule has 1 fully saturated rings. The fourth-order valence-electron chi connectivity index (χ4n) is 2.30. The summed E-state index contributed by atoms with van der Waals surface area (Å²) in [4.78, 5) is 4.46. The number of pyridine rings is 1. The predicted molar refractivity (Wildman–Crippen MR) is 87.9 cm³/mol. The predicted octanol–water partition coefficient (Wildman–Crippen LogP) is 3.09. The second-order valence-electron chi connectivity index (χ2n) is 5.51. The van der Waals surface area contributed by atoms with E-state index in [1.807, 2.05) is 6.92 Å². The summed E-state index contributed by atoms with van der Waals surface area (Å²) < 4.78 is 27.7. The van der Waals surface area contributed by atoms with Crippen LogP contribution in [0.3, 0.4) is 0 Å². The lowest BCUT2D eigenvalue weighted by Crippen LogP contribution is -2.34. The molecule has 0 aromatic carbocycles. The Hall–Kier alpha value is -0.660. The quantitative estimate of drug-likeness (QED) is 0.795. The SMILES string of the molecule is CCCNc1ncc(Br)cc1S(=O)(=O)N(C)CC1CCC1. The third-order valence-corrected chi connectivity index (χ3v) is 6.06. The Balaban J connectivity index is 2.26. The van der Waals surface area contributed by atoms with Crippen molar-refractivity contribution in [2.75, 3.05) is 25.5 Å². The number of halogens is 1. The van der Waals surface area contributed by atoms with E-state index in [2.05, 4.69) is 26.2 Å². The van der Waals surface area contributed by atoms with Crippen molar-refractivity contribution in [2.45, 2.75) is 37.5 Å². The largest absolute Gasteiger partial charge is 0.369 e. The molecule has 1 N–H and O–H groups in total. The fourth-order valence-corrected chi connectivity index (χ4v) is 4.17. The van der Waals surface area contributed by atoms with E-state index in [0.29, 0.717) is 29.3 Å². The number of sulfonamides is 1. The molecule has 1 aliphatic carbocycles. The smallest absolute Gasteiger partial charge is 0.246 e. The van der Waals surface area contributed by atoms with Crippen molar-refractivity contribution >= 4 is 31.8 Å².